The molecule has 0 aliphatic rings. The van der Waals surface area contributed by atoms with Crippen LogP contribution >= 0.6 is 34.8 Å². The average molecular weight is 600 g/mol. The molecule has 0 fully saturated rings. The number of carbonyl (C=O) groups is 2. The minimum absolute atomic E-state index is 0.163. The third kappa shape index (κ3) is 8.01. The maximum atomic E-state index is 13.0. The molecule has 0 aliphatic heterocycles. The minimum atomic E-state index is -0.769. The van der Waals surface area contributed by atoms with Crippen molar-refractivity contribution in [1.82, 2.24) is 15.3 Å². The molecule has 7 nitrogen and oxygen atoms in total. The molecular formula is C30H29Cl3N4O3. The fourth-order valence-electron chi connectivity index (χ4n) is 4.21. The SMILES string of the molecule is CC(C)C[C@@H](NC(=O)COc1ccc(Cl)cc1)C(=O)N/N=C\c1cn(Cc2ccc(Cl)c(Cl)c2)c2ccccc12. The highest BCUT2D eigenvalue weighted by Gasteiger charge is 2.22. The molecule has 0 spiro atoms. The van der Waals surface area contributed by atoms with E-state index in [-0.39, 0.29) is 12.5 Å². The Kier molecular flexibility index (Phi) is 10.1. The van der Waals surface area contributed by atoms with Crippen molar-refractivity contribution in [2.24, 2.45) is 11.0 Å². The number of ether oxygens (including phenoxy) is 1. The summed E-state index contributed by atoms with van der Waals surface area (Å²) in [5.41, 5.74) is 5.41. The van der Waals surface area contributed by atoms with Gasteiger partial charge in [-0.2, -0.15) is 5.10 Å². The maximum absolute atomic E-state index is 13.0. The fourth-order valence-corrected chi connectivity index (χ4v) is 4.65. The van der Waals surface area contributed by atoms with E-state index < -0.39 is 17.9 Å². The van der Waals surface area contributed by atoms with Gasteiger partial charge in [-0.3, -0.25) is 9.59 Å². The van der Waals surface area contributed by atoms with Crippen LogP contribution in [0.4, 0.5) is 0 Å². The molecule has 0 saturated carbocycles. The van der Waals surface area contributed by atoms with Crippen LogP contribution in [0.5, 0.6) is 5.75 Å². The highest BCUT2D eigenvalue weighted by Crippen LogP contribution is 2.25. The van der Waals surface area contributed by atoms with Gasteiger partial charge in [-0.05, 0) is 60.4 Å². The summed E-state index contributed by atoms with van der Waals surface area (Å²) in [5.74, 6) is -0.154. The smallest absolute Gasteiger partial charge is 0.262 e. The molecule has 0 aliphatic carbocycles. The number of rotatable bonds is 11. The van der Waals surface area contributed by atoms with Gasteiger partial charge in [-0.25, -0.2) is 5.43 Å². The summed E-state index contributed by atoms with van der Waals surface area (Å²) in [6.07, 6.45) is 4.00. The first-order valence-corrected chi connectivity index (χ1v) is 13.9. The molecule has 4 rings (SSSR count). The normalized spacial score (nSPS) is 12.2. The molecule has 0 unspecified atom stereocenters. The summed E-state index contributed by atoms with van der Waals surface area (Å²) in [5, 5.41) is 9.51. The van der Waals surface area contributed by atoms with Crippen LogP contribution in [0.25, 0.3) is 10.9 Å². The molecule has 4 aromatic rings. The van der Waals surface area contributed by atoms with Crippen molar-refractivity contribution in [1.29, 1.82) is 0 Å². The van der Waals surface area contributed by atoms with Gasteiger partial charge in [-0.1, -0.05) is 72.9 Å². The average Bonchev–Trinajstić information content (AvgIpc) is 3.27. The molecule has 1 heterocycles. The predicted octanol–water partition coefficient (Wildman–Crippen LogP) is 6.71. The van der Waals surface area contributed by atoms with Crippen LogP contribution in [0, 0.1) is 5.92 Å². The Morgan fingerprint density at radius 3 is 2.48 bits per heavy atom. The topological polar surface area (TPSA) is 84.7 Å². The maximum Gasteiger partial charge on any atom is 0.262 e. The van der Waals surface area contributed by atoms with Crippen molar-refractivity contribution >= 4 is 63.7 Å². The van der Waals surface area contributed by atoms with Gasteiger partial charge < -0.3 is 14.6 Å². The number of para-hydroxylation sites is 1. The van der Waals surface area contributed by atoms with Crippen LogP contribution < -0.4 is 15.5 Å². The second-order valence-corrected chi connectivity index (χ2v) is 11.0. The quantitative estimate of drug-likeness (QED) is 0.148. The number of aromatic nitrogens is 1. The van der Waals surface area contributed by atoms with Crippen LogP contribution in [0.3, 0.4) is 0 Å². The van der Waals surface area contributed by atoms with E-state index in [9.17, 15) is 9.59 Å². The van der Waals surface area contributed by atoms with E-state index in [0.717, 1.165) is 22.0 Å². The van der Waals surface area contributed by atoms with Gasteiger partial charge in [0.25, 0.3) is 11.8 Å². The second kappa shape index (κ2) is 13.7. The van der Waals surface area contributed by atoms with Gasteiger partial charge in [0.2, 0.25) is 0 Å². The number of hydrogen-bond acceptors (Lipinski definition) is 4. The number of benzene rings is 3. The lowest BCUT2D eigenvalue weighted by Gasteiger charge is -2.19. The lowest BCUT2D eigenvalue weighted by atomic mass is 10.0. The van der Waals surface area contributed by atoms with E-state index in [1.54, 1.807) is 36.5 Å². The van der Waals surface area contributed by atoms with Gasteiger partial charge >= 0.3 is 0 Å². The van der Waals surface area contributed by atoms with Crippen LogP contribution in [0.2, 0.25) is 15.1 Å². The Morgan fingerprint density at radius 2 is 1.75 bits per heavy atom. The molecule has 0 saturated heterocycles. The second-order valence-electron chi connectivity index (χ2n) is 9.70. The highest BCUT2D eigenvalue weighted by molar-refractivity contribution is 6.42. The number of nitrogens with one attached hydrogen (secondary N) is 2. The summed E-state index contributed by atoms with van der Waals surface area (Å²) in [4.78, 5) is 25.5. The number of amides is 2. The summed E-state index contributed by atoms with van der Waals surface area (Å²) < 4.78 is 7.58. The molecule has 208 valence electrons. The van der Waals surface area contributed by atoms with Gasteiger partial charge in [0.15, 0.2) is 6.61 Å². The van der Waals surface area contributed by atoms with Crippen LogP contribution in [-0.2, 0) is 16.1 Å². The zero-order valence-electron chi connectivity index (χ0n) is 22.0. The molecule has 2 amide bonds. The number of halogens is 3. The van der Waals surface area contributed by atoms with Crippen molar-refractivity contribution in [2.45, 2.75) is 32.9 Å². The van der Waals surface area contributed by atoms with Crippen molar-refractivity contribution < 1.29 is 14.3 Å². The summed E-state index contributed by atoms with van der Waals surface area (Å²) in [6, 6.07) is 19.4. The van der Waals surface area contributed by atoms with E-state index in [1.807, 2.05) is 56.4 Å². The standard InChI is InChI=1S/C30H29Cl3N4O3/c1-19(2)13-27(35-29(38)18-40-23-10-8-22(31)9-11-23)30(39)36-34-15-21-17-37(28-6-4-3-5-24(21)28)16-20-7-12-25(32)26(33)14-20/h3-12,14-15,17,19,27H,13,16,18H2,1-2H3,(H,35,38)(H,36,39)/b34-15-/t27-/m1/s1. The molecule has 1 aromatic heterocycles. The van der Waals surface area contributed by atoms with Gasteiger partial charge in [0.05, 0.1) is 16.3 Å². The molecule has 2 N–H and O–H groups in total. The number of fused-ring (bicyclic) bond motifs is 1. The summed E-state index contributed by atoms with van der Waals surface area (Å²) in [7, 11) is 0. The minimum Gasteiger partial charge on any atom is -0.484 e. The van der Waals surface area contributed by atoms with E-state index >= 15 is 0 Å². The molecule has 10 heteroatoms. The largest absolute Gasteiger partial charge is 0.484 e. The molecule has 0 radical (unpaired) electrons. The first-order chi connectivity index (χ1) is 19.2. The Bertz CT molecular complexity index is 1520. The third-order valence-corrected chi connectivity index (χ3v) is 7.07. The van der Waals surface area contributed by atoms with Gasteiger partial charge in [0.1, 0.15) is 11.8 Å². The third-order valence-electron chi connectivity index (χ3n) is 6.08. The summed E-state index contributed by atoms with van der Waals surface area (Å²) >= 11 is 18.1. The first kappa shape index (κ1) is 29.5. The predicted molar refractivity (Wildman–Crippen MR) is 162 cm³/mol. The van der Waals surface area contributed by atoms with Crippen molar-refractivity contribution in [3.05, 3.63) is 99.1 Å². The molecule has 1 atom stereocenters. The van der Waals surface area contributed by atoms with Crippen LogP contribution in [0.1, 0.15) is 31.4 Å². The highest BCUT2D eigenvalue weighted by atomic mass is 35.5. The fraction of sp³-hybridized carbons (Fsp3) is 0.233. The van der Waals surface area contributed by atoms with Crippen molar-refractivity contribution in [2.75, 3.05) is 6.61 Å². The number of carbonyl (C=O) groups excluding carboxylic acids is 2. The molecular weight excluding hydrogens is 571 g/mol. The van der Waals surface area contributed by atoms with Crippen molar-refractivity contribution in [3.8, 4) is 5.75 Å². The van der Waals surface area contributed by atoms with Crippen molar-refractivity contribution in [3.63, 3.8) is 0 Å². The van der Waals surface area contributed by atoms with Gasteiger partial charge in [-0.15, -0.1) is 0 Å². The lowest BCUT2D eigenvalue weighted by molar-refractivity contribution is -0.130. The Balaban J connectivity index is 1.42. The number of nitrogens with zero attached hydrogens (tertiary/aromatic N) is 2. The van der Waals surface area contributed by atoms with E-state index in [2.05, 4.69) is 20.4 Å². The number of hydrogen-bond donors (Lipinski definition) is 2. The first-order valence-electron chi connectivity index (χ1n) is 12.7. The van der Waals surface area contributed by atoms with E-state index in [0.29, 0.717) is 33.8 Å². The monoisotopic (exact) mass is 598 g/mol. The number of hydrazone groups is 1. The van der Waals surface area contributed by atoms with Crippen LogP contribution in [-0.4, -0.2) is 35.2 Å². The molecule has 3 aromatic carbocycles. The Hall–Kier alpha value is -3.52. The Labute approximate surface area is 248 Å². The zero-order chi connectivity index (χ0) is 28.6. The van der Waals surface area contributed by atoms with E-state index in [1.165, 1.54) is 0 Å². The molecule has 40 heavy (non-hydrogen) atoms. The van der Waals surface area contributed by atoms with E-state index in [4.69, 9.17) is 39.5 Å². The van der Waals surface area contributed by atoms with Gasteiger partial charge in [0, 0.05) is 34.2 Å². The lowest BCUT2D eigenvalue weighted by Crippen LogP contribution is -2.47. The summed E-state index contributed by atoms with van der Waals surface area (Å²) in [6.45, 7) is 4.30. The van der Waals surface area contributed by atoms with Crippen LogP contribution in [0.15, 0.2) is 78.0 Å². The Morgan fingerprint density at radius 1 is 1.00 bits per heavy atom. The molecule has 0 bridgehead atoms. The zero-order valence-corrected chi connectivity index (χ0v) is 24.3.